The van der Waals surface area contributed by atoms with Gasteiger partial charge in [0.15, 0.2) is 6.61 Å². The average molecular weight is 339 g/mol. The Morgan fingerprint density at radius 2 is 1.92 bits per heavy atom. The summed E-state index contributed by atoms with van der Waals surface area (Å²) in [5.41, 5.74) is 1.93. The van der Waals surface area contributed by atoms with E-state index in [4.69, 9.17) is 9.26 Å². The number of esters is 1. The first-order valence-electron chi connectivity index (χ1n) is 7.35. The highest BCUT2D eigenvalue weighted by molar-refractivity contribution is 5.89. The van der Waals surface area contributed by atoms with Crippen molar-refractivity contribution in [3.8, 4) is 11.4 Å². The van der Waals surface area contributed by atoms with E-state index in [0.717, 1.165) is 11.1 Å². The quantitative estimate of drug-likeness (QED) is 0.398. The zero-order chi connectivity index (χ0) is 17.8. The minimum Gasteiger partial charge on any atom is -0.452 e. The fourth-order valence-electron chi connectivity index (χ4n) is 2.18. The Morgan fingerprint density at radius 3 is 2.60 bits per heavy atom. The van der Waals surface area contributed by atoms with Crippen LogP contribution in [0.5, 0.6) is 0 Å². The van der Waals surface area contributed by atoms with Gasteiger partial charge in [-0.1, -0.05) is 29.4 Å². The number of carbonyl (C=O) groups is 1. The van der Waals surface area contributed by atoms with E-state index >= 15 is 0 Å². The maximum absolute atomic E-state index is 11.9. The molecule has 0 unspecified atom stereocenters. The molecule has 0 fully saturated rings. The summed E-state index contributed by atoms with van der Waals surface area (Å²) in [5.74, 6) is -0.0569. The summed E-state index contributed by atoms with van der Waals surface area (Å²) in [7, 11) is 0. The molecule has 0 saturated heterocycles. The Balaban J connectivity index is 1.65. The van der Waals surface area contributed by atoms with Crippen molar-refractivity contribution >= 4 is 11.7 Å². The lowest BCUT2D eigenvalue weighted by Gasteiger charge is -2.01. The molecule has 0 aliphatic rings. The van der Waals surface area contributed by atoms with Gasteiger partial charge in [0.2, 0.25) is 5.82 Å². The Bertz CT molecular complexity index is 918. The van der Waals surface area contributed by atoms with Crippen molar-refractivity contribution < 1.29 is 19.0 Å². The number of hydrogen-bond acceptors (Lipinski definition) is 7. The largest absolute Gasteiger partial charge is 0.452 e. The number of carbonyl (C=O) groups excluding carboxylic acids is 1. The van der Waals surface area contributed by atoms with Crippen molar-refractivity contribution in [3.63, 3.8) is 0 Å². The minimum atomic E-state index is -0.634. The third kappa shape index (κ3) is 3.69. The zero-order valence-electron chi connectivity index (χ0n) is 13.2. The van der Waals surface area contributed by atoms with Crippen molar-refractivity contribution in [1.29, 1.82) is 0 Å². The summed E-state index contributed by atoms with van der Waals surface area (Å²) in [6.07, 6.45) is 0. The molecule has 3 aromatic rings. The molecule has 0 aliphatic heterocycles. The van der Waals surface area contributed by atoms with Crippen LogP contribution in [0, 0.1) is 17.0 Å². The molecule has 0 aliphatic carbocycles. The second kappa shape index (κ2) is 6.91. The lowest BCUT2D eigenvalue weighted by molar-refractivity contribution is -0.384. The van der Waals surface area contributed by atoms with Crippen LogP contribution in [0.15, 0.2) is 53.1 Å². The molecule has 0 spiro atoms. The average Bonchev–Trinajstić information content (AvgIpc) is 3.09. The molecule has 3 rings (SSSR count). The number of rotatable bonds is 5. The molecule has 0 saturated carbocycles. The monoisotopic (exact) mass is 339 g/mol. The van der Waals surface area contributed by atoms with Crippen molar-refractivity contribution in [1.82, 2.24) is 10.1 Å². The van der Waals surface area contributed by atoms with E-state index in [1.807, 2.05) is 31.2 Å². The summed E-state index contributed by atoms with van der Waals surface area (Å²) in [6, 6.07) is 12.7. The Morgan fingerprint density at radius 1 is 1.20 bits per heavy atom. The highest BCUT2D eigenvalue weighted by Gasteiger charge is 2.14. The summed E-state index contributed by atoms with van der Waals surface area (Å²) in [4.78, 5) is 26.2. The number of nitro benzene ring substituents is 1. The van der Waals surface area contributed by atoms with Crippen LogP contribution in [0.3, 0.4) is 0 Å². The van der Waals surface area contributed by atoms with Crippen molar-refractivity contribution in [2.24, 2.45) is 0 Å². The third-order valence-corrected chi connectivity index (χ3v) is 3.49. The van der Waals surface area contributed by atoms with Crippen molar-refractivity contribution in [2.75, 3.05) is 0 Å². The Kier molecular flexibility index (Phi) is 4.51. The van der Waals surface area contributed by atoms with Gasteiger partial charge in [-0.3, -0.25) is 10.1 Å². The highest BCUT2D eigenvalue weighted by atomic mass is 16.6. The van der Waals surface area contributed by atoms with Crippen molar-refractivity contribution in [3.05, 3.63) is 75.7 Å². The summed E-state index contributed by atoms with van der Waals surface area (Å²) in [5, 5.41) is 14.5. The summed E-state index contributed by atoms with van der Waals surface area (Å²) >= 11 is 0. The van der Waals surface area contributed by atoms with Gasteiger partial charge in [-0.15, -0.1) is 0 Å². The van der Waals surface area contributed by atoms with Crippen LogP contribution in [0.2, 0.25) is 0 Å². The maximum Gasteiger partial charge on any atom is 0.338 e. The van der Waals surface area contributed by atoms with Crippen LogP contribution in [0.25, 0.3) is 11.4 Å². The van der Waals surface area contributed by atoms with E-state index < -0.39 is 10.9 Å². The first-order valence-corrected chi connectivity index (χ1v) is 7.35. The van der Waals surface area contributed by atoms with Crippen LogP contribution in [0.4, 0.5) is 5.69 Å². The standard InChI is InChI=1S/C17H13N3O5/c1-11-4-2-3-5-14(11)16-18-15(25-19-16)10-24-17(21)12-6-8-13(9-7-12)20(22)23/h2-9H,10H2,1H3. The Hall–Kier alpha value is -3.55. The van der Waals surface area contributed by atoms with Gasteiger partial charge in [0, 0.05) is 17.7 Å². The molecule has 126 valence electrons. The lowest BCUT2D eigenvalue weighted by atomic mass is 10.1. The molecule has 25 heavy (non-hydrogen) atoms. The molecule has 0 N–H and O–H groups in total. The summed E-state index contributed by atoms with van der Waals surface area (Å²) in [6.45, 7) is 1.74. The summed E-state index contributed by atoms with van der Waals surface area (Å²) < 4.78 is 10.2. The van der Waals surface area contributed by atoms with E-state index in [1.54, 1.807) is 0 Å². The van der Waals surface area contributed by atoms with Gasteiger partial charge in [0.25, 0.3) is 11.6 Å². The lowest BCUT2D eigenvalue weighted by Crippen LogP contribution is -2.05. The number of nitro groups is 1. The zero-order valence-corrected chi connectivity index (χ0v) is 13.2. The predicted octanol–water partition coefficient (Wildman–Crippen LogP) is 3.31. The second-order valence-electron chi connectivity index (χ2n) is 5.21. The van der Waals surface area contributed by atoms with E-state index in [0.29, 0.717) is 5.82 Å². The normalized spacial score (nSPS) is 10.4. The fourth-order valence-corrected chi connectivity index (χ4v) is 2.18. The van der Waals surface area contributed by atoms with Gasteiger partial charge in [0.05, 0.1) is 10.5 Å². The number of benzene rings is 2. The second-order valence-corrected chi connectivity index (χ2v) is 5.21. The Labute approximate surface area is 142 Å². The molecule has 2 aromatic carbocycles. The first kappa shape index (κ1) is 16.3. The fraction of sp³-hybridized carbons (Fsp3) is 0.118. The molecule has 0 atom stereocenters. The van der Waals surface area contributed by atoms with Crippen molar-refractivity contribution in [2.45, 2.75) is 13.5 Å². The molecule has 8 heteroatoms. The van der Waals surface area contributed by atoms with Crippen LogP contribution in [-0.4, -0.2) is 21.0 Å². The van der Waals surface area contributed by atoms with Crippen LogP contribution in [-0.2, 0) is 11.3 Å². The number of nitrogens with zero attached hydrogens (tertiary/aromatic N) is 3. The predicted molar refractivity (Wildman–Crippen MR) is 86.7 cm³/mol. The number of hydrogen-bond donors (Lipinski definition) is 0. The van der Waals surface area contributed by atoms with E-state index in [9.17, 15) is 14.9 Å². The van der Waals surface area contributed by atoms with Gasteiger partial charge in [-0.05, 0) is 24.6 Å². The number of non-ortho nitro benzene ring substituents is 1. The minimum absolute atomic E-state index is 0.101. The van der Waals surface area contributed by atoms with Crippen LogP contribution >= 0.6 is 0 Å². The van der Waals surface area contributed by atoms with E-state index in [1.165, 1.54) is 24.3 Å². The number of ether oxygens (including phenoxy) is 1. The smallest absolute Gasteiger partial charge is 0.338 e. The van der Waals surface area contributed by atoms with Gasteiger partial charge in [-0.2, -0.15) is 4.98 Å². The maximum atomic E-state index is 11.9. The molecule has 0 radical (unpaired) electrons. The van der Waals surface area contributed by atoms with Crippen LogP contribution < -0.4 is 0 Å². The molecule has 0 bridgehead atoms. The molecule has 0 amide bonds. The molecule has 1 aromatic heterocycles. The van der Waals surface area contributed by atoms with E-state index in [2.05, 4.69) is 10.1 Å². The molecule has 1 heterocycles. The van der Waals surface area contributed by atoms with Crippen LogP contribution in [0.1, 0.15) is 21.8 Å². The first-order chi connectivity index (χ1) is 12.0. The molecule has 8 nitrogen and oxygen atoms in total. The van der Waals surface area contributed by atoms with Gasteiger partial charge >= 0.3 is 5.97 Å². The molecular weight excluding hydrogens is 326 g/mol. The van der Waals surface area contributed by atoms with Gasteiger partial charge < -0.3 is 9.26 Å². The number of aryl methyl sites for hydroxylation is 1. The topological polar surface area (TPSA) is 108 Å². The van der Waals surface area contributed by atoms with Gasteiger partial charge in [-0.25, -0.2) is 4.79 Å². The van der Waals surface area contributed by atoms with E-state index in [-0.39, 0.29) is 23.7 Å². The molecular formula is C17H13N3O5. The SMILES string of the molecule is Cc1ccccc1-c1noc(COC(=O)c2ccc([N+](=O)[O-])cc2)n1. The highest BCUT2D eigenvalue weighted by Crippen LogP contribution is 2.20. The third-order valence-electron chi connectivity index (χ3n) is 3.49. The number of aromatic nitrogens is 2. The van der Waals surface area contributed by atoms with Gasteiger partial charge in [0.1, 0.15) is 0 Å².